The van der Waals surface area contributed by atoms with E-state index in [0.717, 1.165) is 0 Å². The lowest BCUT2D eigenvalue weighted by Gasteiger charge is -2.30. The zero-order valence-electron chi connectivity index (χ0n) is 22.3. The van der Waals surface area contributed by atoms with Gasteiger partial charge in [-0.1, -0.05) is 12.1 Å². The molecule has 0 saturated heterocycles. The summed E-state index contributed by atoms with van der Waals surface area (Å²) >= 11 is 0. The maximum absolute atomic E-state index is 13.6. The van der Waals surface area contributed by atoms with Crippen molar-refractivity contribution >= 4 is 12.0 Å². The van der Waals surface area contributed by atoms with E-state index in [4.69, 9.17) is 9.47 Å². The van der Waals surface area contributed by atoms with Gasteiger partial charge in [-0.3, -0.25) is 14.2 Å². The van der Waals surface area contributed by atoms with E-state index in [0.29, 0.717) is 24.0 Å². The van der Waals surface area contributed by atoms with Crippen LogP contribution in [0.1, 0.15) is 74.0 Å². The fourth-order valence-corrected chi connectivity index (χ4v) is 4.19. The van der Waals surface area contributed by atoms with Crippen LogP contribution in [0.4, 0.5) is 9.18 Å². The Morgan fingerprint density at radius 2 is 2.03 bits per heavy atom. The van der Waals surface area contributed by atoms with Gasteiger partial charge in [-0.05, 0) is 64.7 Å². The number of rotatable bonds is 5. The maximum atomic E-state index is 13.6. The zero-order chi connectivity index (χ0) is 27.7. The van der Waals surface area contributed by atoms with Crippen molar-refractivity contribution in [2.45, 2.75) is 77.8 Å². The molecular weight excluding hydrogens is 483 g/mol. The second-order valence-corrected chi connectivity index (χ2v) is 10.6. The topological polar surface area (TPSA) is 123 Å². The van der Waals surface area contributed by atoms with Crippen molar-refractivity contribution in [3.8, 4) is 5.75 Å². The van der Waals surface area contributed by atoms with Crippen molar-refractivity contribution in [2.24, 2.45) is 0 Å². The fraction of sp³-hybridized carbons (Fsp3) is 0.538. The van der Waals surface area contributed by atoms with Gasteiger partial charge in [0.05, 0.1) is 18.2 Å². The van der Waals surface area contributed by atoms with Gasteiger partial charge in [0.2, 0.25) is 5.75 Å². The number of fused-ring (bicyclic) bond motifs is 1. The first-order chi connectivity index (χ1) is 17.2. The first kappa shape index (κ1) is 28.1. The number of benzene rings is 1. The Bertz CT molecular complexity index is 1250. The largest absolute Gasteiger partial charge is 0.501 e. The van der Waals surface area contributed by atoms with Crippen molar-refractivity contribution in [1.29, 1.82) is 0 Å². The van der Waals surface area contributed by atoms with E-state index < -0.39 is 46.2 Å². The quantitative estimate of drug-likeness (QED) is 0.622. The third kappa shape index (κ3) is 6.27. The number of hydrogen-bond donors (Lipinski definition) is 2. The highest BCUT2D eigenvalue weighted by atomic mass is 19.1. The molecule has 0 aliphatic carbocycles. The molecule has 0 spiro atoms. The molecule has 2 N–H and O–H groups in total. The highest BCUT2D eigenvalue weighted by Crippen LogP contribution is 2.34. The number of hydrogen-bond acceptors (Lipinski definition) is 7. The number of nitrogens with one attached hydrogen (secondary N) is 1. The Labute approximate surface area is 215 Å². The molecule has 0 saturated carbocycles. The van der Waals surface area contributed by atoms with Crippen LogP contribution in [0.3, 0.4) is 0 Å². The molecule has 1 aliphatic rings. The van der Waals surface area contributed by atoms with Gasteiger partial charge in [0.15, 0.2) is 5.69 Å². The highest BCUT2D eigenvalue weighted by molar-refractivity contribution is 5.94. The van der Waals surface area contributed by atoms with E-state index in [-0.39, 0.29) is 24.7 Å². The predicted octanol–water partition coefficient (Wildman–Crippen LogP) is 3.43. The van der Waals surface area contributed by atoms with Crippen LogP contribution in [-0.4, -0.2) is 56.9 Å². The molecule has 2 aromatic rings. The van der Waals surface area contributed by atoms with E-state index in [1.165, 1.54) is 35.8 Å². The first-order valence-electron chi connectivity index (χ1n) is 12.0. The van der Waals surface area contributed by atoms with Crippen LogP contribution in [0, 0.1) is 12.7 Å². The van der Waals surface area contributed by atoms with E-state index in [1.54, 1.807) is 33.8 Å². The SMILES string of the molecule is COC1(C)CCC(N(C)C(=O)OC(C)(C)C)c2nc(C(=O)NCc3ccc(F)c(C)c3)c(O)c(=O)n2C1. The third-order valence-electron chi connectivity index (χ3n) is 6.44. The van der Waals surface area contributed by atoms with Crippen LogP contribution in [0.5, 0.6) is 5.75 Å². The molecule has 1 aliphatic heterocycles. The lowest BCUT2D eigenvalue weighted by Crippen LogP contribution is -2.40. The number of amides is 2. The lowest BCUT2D eigenvalue weighted by molar-refractivity contribution is -0.0173. The van der Waals surface area contributed by atoms with Crippen molar-refractivity contribution in [2.75, 3.05) is 14.2 Å². The Hall–Kier alpha value is -3.47. The normalized spacial score (nSPS) is 19.5. The molecule has 3 rings (SSSR count). The summed E-state index contributed by atoms with van der Waals surface area (Å²) in [7, 11) is 3.06. The van der Waals surface area contributed by atoms with Crippen LogP contribution in [0.25, 0.3) is 0 Å². The average Bonchev–Trinajstić information content (AvgIpc) is 2.97. The molecule has 10 nitrogen and oxygen atoms in total. The molecule has 37 heavy (non-hydrogen) atoms. The summed E-state index contributed by atoms with van der Waals surface area (Å²) in [6, 6.07) is 3.68. The smallest absolute Gasteiger partial charge is 0.410 e. The minimum atomic E-state index is -0.819. The summed E-state index contributed by atoms with van der Waals surface area (Å²) in [5.74, 6) is -1.82. The highest BCUT2D eigenvalue weighted by Gasteiger charge is 2.39. The number of carbonyl (C=O) groups excluding carboxylic acids is 2. The summed E-state index contributed by atoms with van der Waals surface area (Å²) in [5, 5.41) is 13.3. The summed E-state index contributed by atoms with van der Waals surface area (Å²) in [6.45, 7) is 8.75. The molecule has 2 unspecified atom stereocenters. The average molecular weight is 519 g/mol. The van der Waals surface area contributed by atoms with Crippen molar-refractivity contribution in [3.05, 3.63) is 57.0 Å². The molecule has 11 heteroatoms. The van der Waals surface area contributed by atoms with Crippen LogP contribution in [-0.2, 0) is 22.6 Å². The fourth-order valence-electron chi connectivity index (χ4n) is 4.19. The van der Waals surface area contributed by atoms with Gasteiger partial charge in [-0.15, -0.1) is 0 Å². The molecule has 2 atom stereocenters. The van der Waals surface area contributed by atoms with Crippen molar-refractivity contribution < 1.29 is 28.6 Å². The number of aryl methyl sites for hydroxylation is 1. The van der Waals surface area contributed by atoms with Gasteiger partial charge in [0.1, 0.15) is 17.2 Å². The molecule has 0 radical (unpaired) electrons. The van der Waals surface area contributed by atoms with Crippen LogP contribution in [0.2, 0.25) is 0 Å². The molecular formula is C26H35FN4O6. The molecule has 2 heterocycles. The molecule has 1 aromatic heterocycles. The van der Waals surface area contributed by atoms with E-state index >= 15 is 0 Å². The second kappa shape index (κ2) is 10.5. The standard InChI is InChI=1S/C26H35FN4O6/c1-15-12-16(8-9-17(15)27)13-28-22(33)19-20(32)23(34)31-14-26(5,36-7)11-10-18(21(31)29-19)30(6)24(35)37-25(2,3)4/h8-9,12,18,32H,10-11,13-14H2,1-7H3,(H,28,33). The summed E-state index contributed by atoms with van der Waals surface area (Å²) in [5.41, 5.74) is -1.75. The molecule has 1 aromatic carbocycles. The number of carbonyl (C=O) groups is 2. The Balaban J connectivity index is 2.01. The van der Waals surface area contributed by atoms with Crippen LogP contribution in [0.15, 0.2) is 23.0 Å². The van der Waals surface area contributed by atoms with Gasteiger partial charge in [-0.2, -0.15) is 0 Å². The zero-order valence-corrected chi connectivity index (χ0v) is 22.3. The minimum absolute atomic E-state index is 0.0302. The van der Waals surface area contributed by atoms with E-state index in [2.05, 4.69) is 10.3 Å². The van der Waals surface area contributed by atoms with Crippen molar-refractivity contribution in [1.82, 2.24) is 19.8 Å². The molecule has 0 bridgehead atoms. The Morgan fingerprint density at radius 1 is 1.35 bits per heavy atom. The number of aromatic nitrogens is 2. The number of ether oxygens (including phenoxy) is 2. The van der Waals surface area contributed by atoms with Gasteiger partial charge in [0.25, 0.3) is 11.5 Å². The van der Waals surface area contributed by atoms with Crippen LogP contribution < -0.4 is 10.9 Å². The molecule has 0 fully saturated rings. The first-order valence-corrected chi connectivity index (χ1v) is 12.0. The molecule has 2 amide bonds. The third-order valence-corrected chi connectivity index (χ3v) is 6.44. The monoisotopic (exact) mass is 518 g/mol. The summed E-state index contributed by atoms with van der Waals surface area (Å²) < 4.78 is 26.0. The summed E-state index contributed by atoms with van der Waals surface area (Å²) in [4.78, 5) is 44.9. The van der Waals surface area contributed by atoms with Gasteiger partial charge in [0, 0.05) is 20.7 Å². The second-order valence-electron chi connectivity index (χ2n) is 10.6. The lowest BCUT2D eigenvalue weighted by atomic mass is 9.98. The number of aromatic hydroxyl groups is 1. The maximum Gasteiger partial charge on any atom is 0.410 e. The van der Waals surface area contributed by atoms with Gasteiger partial charge >= 0.3 is 6.09 Å². The van der Waals surface area contributed by atoms with Gasteiger partial charge in [-0.25, -0.2) is 14.2 Å². The van der Waals surface area contributed by atoms with E-state index in [1.807, 2.05) is 6.92 Å². The number of halogens is 1. The van der Waals surface area contributed by atoms with Crippen molar-refractivity contribution in [3.63, 3.8) is 0 Å². The summed E-state index contributed by atoms with van der Waals surface area (Å²) in [6.07, 6.45) is 0.217. The number of nitrogens with zero attached hydrogens (tertiary/aromatic N) is 3. The van der Waals surface area contributed by atoms with Gasteiger partial charge < -0.3 is 24.8 Å². The number of methoxy groups -OCH3 is 1. The Kier molecular flexibility index (Phi) is 7.97. The van der Waals surface area contributed by atoms with Crippen LogP contribution >= 0.6 is 0 Å². The Morgan fingerprint density at radius 3 is 2.62 bits per heavy atom. The van der Waals surface area contributed by atoms with E-state index in [9.17, 15) is 23.9 Å². The predicted molar refractivity (Wildman–Crippen MR) is 134 cm³/mol. The minimum Gasteiger partial charge on any atom is -0.501 e. The molecule has 202 valence electrons.